The third kappa shape index (κ3) is 2.40. The zero-order valence-corrected chi connectivity index (χ0v) is 10.5. The molecule has 0 aliphatic carbocycles. The van der Waals surface area contributed by atoms with Crippen LogP contribution in [0.1, 0.15) is 25.0 Å². The SMILES string of the molecule is CC1(C)SCC1NCc1cccc(C#N)c1. The average molecular weight is 232 g/mol. The minimum atomic E-state index is 0.354. The fourth-order valence-electron chi connectivity index (χ4n) is 1.80. The molecule has 2 rings (SSSR count). The van der Waals surface area contributed by atoms with E-state index in [4.69, 9.17) is 5.26 Å². The lowest BCUT2D eigenvalue weighted by atomic mass is 10.0. The number of benzene rings is 1. The lowest BCUT2D eigenvalue weighted by molar-refractivity contribution is 0.436. The summed E-state index contributed by atoms with van der Waals surface area (Å²) < 4.78 is 0.354. The van der Waals surface area contributed by atoms with Crippen LogP contribution in [0.15, 0.2) is 24.3 Å². The Kier molecular flexibility index (Phi) is 3.22. The Labute approximate surface area is 101 Å². The Morgan fingerprint density at radius 1 is 1.56 bits per heavy atom. The van der Waals surface area contributed by atoms with Crippen LogP contribution in [-0.4, -0.2) is 16.5 Å². The molecule has 0 aromatic heterocycles. The smallest absolute Gasteiger partial charge is 0.0991 e. The van der Waals surface area contributed by atoms with Gasteiger partial charge in [-0.3, -0.25) is 0 Å². The van der Waals surface area contributed by atoms with Crippen molar-refractivity contribution < 1.29 is 0 Å². The molecule has 1 aliphatic rings. The van der Waals surface area contributed by atoms with Crippen LogP contribution in [-0.2, 0) is 6.54 Å². The van der Waals surface area contributed by atoms with Crippen LogP contribution in [0.3, 0.4) is 0 Å². The second kappa shape index (κ2) is 4.48. The van der Waals surface area contributed by atoms with E-state index in [2.05, 4.69) is 31.3 Å². The highest BCUT2D eigenvalue weighted by atomic mass is 32.2. The zero-order valence-electron chi connectivity index (χ0n) is 9.66. The van der Waals surface area contributed by atoms with Gasteiger partial charge in [0.2, 0.25) is 0 Å². The van der Waals surface area contributed by atoms with Crippen molar-refractivity contribution in [3.8, 4) is 6.07 Å². The largest absolute Gasteiger partial charge is 0.308 e. The first kappa shape index (κ1) is 11.5. The second-order valence-corrected chi connectivity index (χ2v) is 6.33. The summed E-state index contributed by atoms with van der Waals surface area (Å²) in [5.41, 5.74) is 1.92. The molecule has 0 amide bonds. The van der Waals surface area contributed by atoms with E-state index >= 15 is 0 Å². The summed E-state index contributed by atoms with van der Waals surface area (Å²) in [5, 5.41) is 12.4. The number of nitrogens with zero attached hydrogens (tertiary/aromatic N) is 1. The van der Waals surface area contributed by atoms with Crippen molar-refractivity contribution >= 4 is 11.8 Å². The average Bonchev–Trinajstić information content (AvgIpc) is 2.28. The third-order valence-electron chi connectivity index (χ3n) is 3.07. The molecule has 84 valence electrons. The van der Waals surface area contributed by atoms with Gasteiger partial charge in [0.15, 0.2) is 0 Å². The molecule has 2 nitrogen and oxygen atoms in total. The van der Waals surface area contributed by atoms with Crippen molar-refractivity contribution in [3.63, 3.8) is 0 Å². The molecule has 0 saturated carbocycles. The van der Waals surface area contributed by atoms with Crippen molar-refractivity contribution in [2.24, 2.45) is 0 Å². The number of rotatable bonds is 3. The van der Waals surface area contributed by atoms with Gasteiger partial charge in [-0.2, -0.15) is 17.0 Å². The molecule has 0 radical (unpaired) electrons. The van der Waals surface area contributed by atoms with Gasteiger partial charge in [-0.15, -0.1) is 0 Å². The first-order chi connectivity index (χ1) is 7.62. The highest BCUT2D eigenvalue weighted by Gasteiger charge is 2.38. The molecule has 1 aromatic carbocycles. The van der Waals surface area contributed by atoms with E-state index in [1.165, 1.54) is 11.3 Å². The van der Waals surface area contributed by atoms with Crippen LogP contribution >= 0.6 is 11.8 Å². The van der Waals surface area contributed by atoms with E-state index in [1.807, 2.05) is 30.0 Å². The van der Waals surface area contributed by atoms with Crippen LogP contribution in [0.2, 0.25) is 0 Å². The first-order valence-corrected chi connectivity index (χ1v) is 6.47. The van der Waals surface area contributed by atoms with Crippen molar-refractivity contribution in [2.75, 3.05) is 5.75 Å². The van der Waals surface area contributed by atoms with Gasteiger partial charge in [-0.05, 0) is 31.5 Å². The molecule has 0 spiro atoms. The summed E-state index contributed by atoms with van der Waals surface area (Å²) in [7, 11) is 0. The minimum absolute atomic E-state index is 0.354. The van der Waals surface area contributed by atoms with E-state index in [0.717, 1.165) is 12.1 Å². The summed E-state index contributed by atoms with van der Waals surface area (Å²) in [6.45, 7) is 5.39. The highest BCUT2D eigenvalue weighted by Crippen LogP contribution is 2.39. The predicted octanol–water partition coefficient (Wildman–Crippen LogP) is 2.54. The van der Waals surface area contributed by atoms with Crippen molar-refractivity contribution in [1.82, 2.24) is 5.32 Å². The summed E-state index contributed by atoms with van der Waals surface area (Å²) in [6, 6.07) is 10.5. The molecule has 1 N–H and O–H groups in total. The van der Waals surface area contributed by atoms with E-state index in [-0.39, 0.29) is 0 Å². The summed E-state index contributed by atoms with van der Waals surface area (Å²) in [6.07, 6.45) is 0. The molecule has 1 aliphatic heterocycles. The Morgan fingerprint density at radius 3 is 2.94 bits per heavy atom. The van der Waals surface area contributed by atoms with Crippen molar-refractivity contribution in [2.45, 2.75) is 31.2 Å². The van der Waals surface area contributed by atoms with Gasteiger partial charge in [-0.25, -0.2) is 0 Å². The number of nitrogens with one attached hydrogen (secondary N) is 1. The molecule has 1 fully saturated rings. The molecular weight excluding hydrogens is 216 g/mol. The molecule has 0 bridgehead atoms. The van der Waals surface area contributed by atoms with Crippen LogP contribution in [0.4, 0.5) is 0 Å². The monoisotopic (exact) mass is 232 g/mol. The first-order valence-electron chi connectivity index (χ1n) is 5.48. The van der Waals surface area contributed by atoms with Gasteiger partial charge in [0.25, 0.3) is 0 Å². The van der Waals surface area contributed by atoms with Gasteiger partial charge in [-0.1, -0.05) is 12.1 Å². The topological polar surface area (TPSA) is 35.8 Å². The molecule has 1 unspecified atom stereocenters. The van der Waals surface area contributed by atoms with Crippen molar-refractivity contribution in [3.05, 3.63) is 35.4 Å². The number of hydrogen-bond acceptors (Lipinski definition) is 3. The maximum atomic E-state index is 8.81. The summed E-state index contributed by atoms with van der Waals surface area (Å²) >= 11 is 2.00. The van der Waals surface area contributed by atoms with Crippen LogP contribution < -0.4 is 5.32 Å². The fraction of sp³-hybridized carbons (Fsp3) is 0.462. The summed E-state index contributed by atoms with van der Waals surface area (Å²) in [4.78, 5) is 0. The third-order valence-corrected chi connectivity index (χ3v) is 4.60. The quantitative estimate of drug-likeness (QED) is 0.870. The number of nitriles is 1. The Morgan fingerprint density at radius 2 is 2.38 bits per heavy atom. The Bertz CT molecular complexity index is 420. The lowest BCUT2D eigenvalue weighted by Gasteiger charge is -2.44. The lowest BCUT2D eigenvalue weighted by Crippen LogP contribution is -2.54. The minimum Gasteiger partial charge on any atom is -0.308 e. The standard InChI is InChI=1S/C13H16N2S/c1-13(2)12(9-16-13)15-8-11-5-3-4-10(6-11)7-14/h3-6,12,15H,8-9H2,1-2H3. The van der Waals surface area contributed by atoms with E-state index in [9.17, 15) is 0 Å². The molecule has 1 atom stereocenters. The van der Waals surface area contributed by atoms with Gasteiger partial charge in [0, 0.05) is 23.1 Å². The van der Waals surface area contributed by atoms with Gasteiger partial charge in [0.05, 0.1) is 11.6 Å². The second-order valence-electron chi connectivity index (χ2n) is 4.66. The summed E-state index contributed by atoms with van der Waals surface area (Å²) in [5.74, 6) is 1.19. The maximum absolute atomic E-state index is 8.81. The van der Waals surface area contributed by atoms with E-state index < -0.39 is 0 Å². The van der Waals surface area contributed by atoms with Gasteiger partial charge < -0.3 is 5.32 Å². The fourth-order valence-corrected chi connectivity index (χ4v) is 3.00. The van der Waals surface area contributed by atoms with Crippen LogP contribution in [0.25, 0.3) is 0 Å². The molecule has 1 saturated heterocycles. The molecule has 1 heterocycles. The van der Waals surface area contributed by atoms with E-state index in [1.54, 1.807) is 0 Å². The number of thioether (sulfide) groups is 1. The van der Waals surface area contributed by atoms with Crippen LogP contribution in [0, 0.1) is 11.3 Å². The van der Waals surface area contributed by atoms with Gasteiger partial charge >= 0.3 is 0 Å². The molecule has 3 heteroatoms. The van der Waals surface area contributed by atoms with E-state index in [0.29, 0.717) is 10.8 Å². The van der Waals surface area contributed by atoms with Crippen molar-refractivity contribution in [1.29, 1.82) is 5.26 Å². The highest BCUT2D eigenvalue weighted by molar-refractivity contribution is 8.02. The van der Waals surface area contributed by atoms with Gasteiger partial charge in [0.1, 0.15) is 0 Å². The Hall–Kier alpha value is -0.980. The Balaban J connectivity index is 1.93. The predicted molar refractivity (Wildman–Crippen MR) is 68.3 cm³/mol. The normalized spacial score (nSPS) is 22.2. The molecule has 16 heavy (non-hydrogen) atoms. The number of hydrogen-bond donors (Lipinski definition) is 1. The molecular formula is C13H16N2S. The maximum Gasteiger partial charge on any atom is 0.0991 e. The van der Waals surface area contributed by atoms with Crippen LogP contribution in [0.5, 0.6) is 0 Å². The zero-order chi connectivity index (χ0) is 11.6. The molecule has 1 aromatic rings.